The Balaban J connectivity index is 1.48. The van der Waals surface area contributed by atoms with Gasteiger partial charge in [-0.05, 0) is 100.0 Å². The lowest BCUT2D eigenvalue weighted by atomic mass is 9.88. The van der Waals surface area contributed by atoms with Crippen LogP contribution in [0.2, 0.25) is 0 Å². The molecule has 1 aromatic heterocycles. The van der Waals surface area contributed by atoms with Gasteiger partial charge in [0, 0.05) is 16.0 Å². The number of fused-ring (bicyclic) bond motifs is 1. The molecule has 1 fully saturated rings. The molecule has 5 rings (SSSR count). The number of hydrogen-bond donors (Lipinski definition) is 0. The zero-order valence-corrected chi connectivity index (χ0v) is 25.7. The van der Waals surface area contributed by atoms with Crippen molar-refractivity contribution in [2.75, 3.05) is 0 Å². The summed E-state index contributed by atoms with van der Waals surface area (Å²) in [4.78, 5) is 18.4. The Kier molecular flexibility index (Phi) is 8.60. The molecule has 190 valence electrons. The number of nitrogens with zero attached hydrogens (tertiary/aromatic N) is 3. The molecule has 0 spiro atoms. The SMILES string of the molecule is O=c1c2cc(Br)ccc2nc(C2CCCCC2)n1N=Cc1cc(I)c(OCc2ccccc2F)c(I)c1. The van der Waals surface area contributed by atoms with Crippen molar-refractivity contribution in [2.24, 2.45) is 5.10 Å². The zero-order chi connectivity index (χ0) is 25.9. The van der Waals surface area contributed by atoms with Crippen LogP contribution in [0.25, 0.3) is 10.9 Å². The fourth-order valence-corrected chi connectivity index (χ4v) is 7.07. The van der Waals surface area contributed by atoms with Gasteiger partial charge in [-0.3, -0.25) is 4.79 Å². The number of ether oxygens (including phenoxy) is 1. The molecular weight excluding hydrogens is 763 g/mol. The van der Waals surface area contributed by atoms with Gasteiger partial charge >= 0.3 is 0 Å². The van der Waals surface area contributed by atoms with Crippen LogP contribution in [0.3, 0.4) is 0 Å². The maximum absolute atomic E-state index is 14.0. The largest absolute Gasteiger partial charge is 0.487 e. The smallest absolute Gasteiger partial charge is 0.282 e. The molecule has 1 aliphatic carbocycles. The molecule has 0 saturated heterocycles. The van der Waals surface area contributed by atoms with Crippen LogP contribution in [0.15, 0.2) is 69.0 Å². The highest BCUT2D eigenvalue weighted by molar-refractivity contribution is 14.1. The van der Waals surface area contributed by atoms with Crippen LogP contribution in [0.4, 0.5) is 4.39 Å². The van der Waals surface area contributed by atoms with Crippen LogP contribution >= 0.6 is 61.1 Å². The second-order valence-electron chi connectivity index (χ2n) is 9.02. The van der Waals surface area contributed by atoms with E-state index in [-0.39, 0.29) is 23.9 Å². The van der Waals surface area contributed by atoms with E-state index >= 15 is 0 Å². The van der Waals surface area contributed by atoms with Crippen molar-refractivity contribution in [3.8, 4) is 5.75 Å². The van der Waals surface area contributed by atoms with Gasteiger partial charge in [-0.25, -0.2) is 9.37 Å². The molecule has 37 heavy (non-hydrogen) atoms. The quantitative estimate of drug-likeness (QED) is 0.147. The van der Waals surface area contributed by atoms with Crippen LogP contribution < -0.4 is 10.3 Å². The van der Waals surface area contributed by atoms with E-state index in [0.29, 0.717) is 22.2 Å². The van der Waals surface area contributed by atoms with Gasteiger partial charge in [0.05, 0.1) is 24.3 Å². The Morgan fingerprint density at radius 1 is 1.08 bits per heavy atom. The summed E-state index contributed by atoms with van der Waals surface area (Å²) in [7, 11) is 0. The summed E-state index contributed by atoms with van der Waals surface area (Å²) in [6.45, 7) is 0.143. The lowest BCUT2D eigenvalue weighted by Gasteiger charge is -2.22. The summed E-state index contributed by atoms with van der Waals surface area (Å²) in [5.74, 6) is 1.34. The molecule has 1 saturated carbocycles. The summed E-state index contributed by atoms with van der Waals surface area (Å²) in [6.07, 6.45) is 7.19. The van der Waals surface area contributed by atoms with E-state index in [0.717, 1.165) is 48.7 Å². The highest BCUT2D eigenvalue weighted by Crippen LogP contribution is 2.32. The van der Waals surface area contributed by atoms with Crippen LogP contribution in [-0.2, 0) is 6.61 Å². The van der Waals surface area contributed by atoms with E-state index in [4.69, 9.17) is 9.72 Å². The molecule has 0 atom stereocenters. The van der Waals surface area contributed by atoms with Gasteiger partial charge < -0.3 is 4.74 Å². The van der Waals surface area contributed by atoms with Gasteiger partial charge in [0.2, 0.25) is 0 Å². The van der Waals surface area contributed by atoms with E-state index < -0.39 is 0 Å². The minimum Gasteiger partial charge on any atom is -0.487 e. The maximum atomic E-state index is 14.0. The topological polar surface area (TPSA) is 56.5 Å². The lowest BCUT2D eigenvalue weighted by Crippen LogP contribution is -2.25. The van der Waals surface area contributed by atoms with Crippen LogP contribution in [0.1, 0.15) is 55.0 Å². The van der Waals surface area contributed by atoms with E-state index in [1.807, 2.05) is 24.3 Å². The van der Waals surface area contributed by atoms with E-state index in [2.05, 4.69) is 66.2 Å². The van der Waals surface area contributed by atoms with Crippen molar-refractivity contribution in [3.05, 3.63) is 99.3 Å². The summed E-state index contributed by atoms with van der Waals surface area (Å²) in [5.41, 5.74) is 1.87. The second-order valence-corrected chi connectivity index (χ2v) is 12.3. The van der Waals surface area contributed by atoms with Crippen molar-refractivity contribution >= 4 is 78.2 Å². The summed E-state index contributed by atoms with van der Waals surface area (Å²) in [6, 6.07) is 16.1. The van der Waals surface area contributed by atoms with E-state index in [1.54, 1.807) is 30.5 Å². The summed E-state index contributed by atoms with van der Waals surface area (Å²) in [5, 5.41) is 5.19. The van der Waals surface area contributed by atoms with Gasteiger partial charge in [-0.15, -0.1) is 0 Å². The predicted molar refractivity (Wildman–Crippen MR) is 165 cm³/mol. The maximum Gasteiger partial charge on any atom is 0.282 e. The molecule has 0 bridgehead atoms. The lowest BCUT2D eigenvalue weighted by molar-refractivity contribution is 0.295. The number of hydrogen-bond acceptors (Lipinski definition) is 4. The monoisotopic (exact) mass is 785 g/mol. The van der Waals surface area contributed by atoms with Crippen molar-refractivity contribution in [1.29, 1.82) is 0 Å². The van der Waals surface area contributed by atoms with Crippen molar-refractivity contribution in [1.82, 2.24) is 9.66 Å². The molecule has 3 aromatic carbocycles. The highest BCUT2D eigenvalue weighted by atomic mass is 127. The number of rotatable bonds is 6. The predicted octanol–water partition coefficient (Wildman–Crippen LogP) is 8.02. The summed E-state index contributed by atoms with van der Waals surface area (Å²) < 4.78 is 24.0. The van der Waals surface area contributed by atoms with Crippen LogP contribution in [0.5, 0.6) is 5.75 Å². The molecule has 0 aliphatic heterocycles. The first kappa shape index (κ1) is 26.7. The molecule has 0 N–H and O–H groups in total. The van der Waals surface area contributed by atoms with E-state index in [1.165, 1.54) is 17.2 Å². The standard InChI is InChI=1S/C28H23BrFI2N3O2/c29-20-10-11-25-21(14-20)28(36)35(27(34-25)18-6-2-1-3-7-18)33-15-17-12-23(31)26(24(32)13-17)37-16-19-8-4-5-9-22(19)30/h4-5,8-15,18H,1-3,6-7,16H2. The molecule has 0 amide bonds. The summed E-state index contributed by atoms with van der Waals surface area (Å²) >= 11 is 7.89. The molecule has 9 heteroatoms. The Morgan fingerprint density at radius 2 is 1.81 bits per heavy atom. The fraction of sp³-hybridized carbons (Fsp3) is 0.250. The first-order valence-corrected chi connectivity index (χ1v) is 15.0. The van der Waals surface area contributed by atoms with Crippen LogP contribution in [-0.4, -0.2) is 15.9 Å². The normalized spacial score (nSPS) is 14.5. The van der Waals surface area contributed by atoms with Crippen LogP contribution in [0, 0.1) is 13.0 Å². The molecule has 4 aromatic rings. The van der Waals surface area contributed by atoms with Gasteiger partial charge in [-0.1, -0.05) is 53.4 Å². The Morgan fingerprint density at radius 3 is 2.54 bits per heavy atom. The van der Waals surface area contributed by atoms with E-state index in [9.17, 15) is 9.18 Å². The average Bonchev–Trinajstić information content (AvgIpc) is 2.89. The molecule has 1 heterocycles. The number of halogens is 4. The van der Waals surface area contributed by atoms with Gasteiger partial charge in [-0.2, -0.15) is 9.78 Å². The van der Waals surface area contributed by atoms with Gasteiger partial charge in [0.15, 0.2) is 0 Å². The first-order chi connectivity index (χ1) is 17.9. The molecular formula is C28H23BrFI2N3O2. The minimum absolute atomic E-state index is 0.143. The highest BCUT2D eigenvalue weighted by Gasteiger charge is 2.22. The molecule has 1 aliphatic rings. The first-order valence-electron chi connectivity index (χ1n) is 12.0. The van der Waals surface area contributed by atoms with Gasteiger partial charge in [0.25, 0.3) is 5.56 Å². The molecule has 0 unspecified atom stereocenters. The van der Waals surface area contributed by atoms with Crippen molar-refractivity contribution in [3.63, 3.8) is 0 Å². The zero-order valence-electron chi connectivity index (χ0n) is 19.8. The number of aromatic nitrogens is 2. The Hall–Kier alpha value is -1.86. The second kappa shape index (κ2) is 11.9. The Bertz CT molecular complexity index is 1530. The third-order valence-electron chi connectivity index (χ3n) is 6.48. The average molecular weight is 786 g/mol. The third-order valence-corrected chi connectivity index (χ3v) is 8.57. The third kappa shape index (κ3) is 6.08. The molecule has 0 radical (unpaired) electrons. The Labute approximate surface area is 249 Å². The van der Waals surface area contributed by atoms with Crippen molar-refractivity contribution in [2.45, 2.75) is 44.6 Å². The van der Waals surface area contributed by atoms with Gasteiger partial charge in [0.1, 0.15) is 24.0 Å². The minimum atomic E-state index is -0.286. The molecule has 5 nitrogen and oxygen atoms in total. The fourth-order valence-electron chi connectivity index (χ4n) is 4.58. The van der Waals surface area contributed by atoms with Crippen molar-refractivity contribution < 1.29 is 9.13 Å². The number of benzene rings is 3.